The van der Waals surface area contributed by atoms with Gasteiger partial charge >= 0.3 is 0 Å². The molecule has 9 heteroatoms. The Balaban J connectivity index is 1.86. The number of nitrogens with zero attached hydrogens (tertiary/aromatic N) is 1. The Morgan fingerprint density at radius 1 is 1.03 bits per heavy atom. The van der Waals surface area contributed by atoms with Crippen molar-refractivity contribution in [2.24, 2.45) is 0 Å². The molecule has 0 amide bonds. The molecule has 0 radical (unpaired) electrons. The van der Waals surface area contributed by atoms with Crippen LogP contribution in [-0.4, -0.2) is 64.2 Å². The zero-order valence-corrected chi connectivity index (χ0v) is 20.3. The van der Waals surface area contributed by atoms with Crippen molar-refractivity contribution in [2.45, 2.75) is 43.0 Å². The van der Waals surface area contributed by atoms with Crippen LogP contribution in [0.5, 0.6) is 0 Å². The van der Waals surface area contributed by atoms with E-state index in [0.717, 1.165) is 24.2 Å². The maximum atomic E-state index is 13.4. The molecule has 0 saturated carbocycles. The Bertz CT molecular complexity index is 1110. The van der Waals surface area contributed by atoms with Gasteiger partial charge in [-0.2, -0.15) is 0 Å². The zero-order valence-electron chi connectivity index (χ0n) is 18.7. The van der Waals surface area contributed by atoms with Crippen LogP contribution in [0, 0.1) is 12.7 Å². The minimum atomic E-state index is -3.83. The van der Waals surface area contributed by atoms with E-state index in [1.807, 2.05) is 20.8 Å². The van der Waals surface area contributed by atoms with Gasteiger partial charge in [0.2, 0.25) is 0 Å². The molecule has 2 aromatic carbocycles. The summed E-state index contributed by atoms with van der Waals surface area (Å²) in [5.74, 6) is -0.948. The second-order valence-corrected chi connectivity index (χ2v) is 12.6. The molecule has 1 unspecified atom stereocenters. The van der Waals surface area contributed by atoms with Crippen molar-refractivity contribution in [1.29, 1.82) is 0 Å². The molecule has 1 aliphatic heterocycles. The van der Waals surface area contributed by atoms with Crippen molar-refractivity contribution in [3.63, 3.8) is 0 Å². The Kier molecular flexibility index (Phi) is 7.75. The molecule has 3 atom stereocenters. The molecule has 0 bridgehead atoms. The number of rotatable bonds is 9. The summed E-state index contributed by atoms with van der Waals surface area (Å²) < 4.78 is 64.9. The largest absolute Gasteiger partial charge is 0.310 e. The number of sulfone groups is 2. The predicted molar refractivity (Wildman–Crippen MR) is 125 cm³/mol. The quantitative estimate of drug-likeness (QED) is 0.592. The maximum absolute atomic E-state index is 13.4. The number of aryl methyl sites for hydroxylation is 1. The maximum Gasteiger partial charge on any atom is 0.183 e. The van der Waals surface area contributed by atoms with Gasteiger partial charge in [0.05, 0.1) is 21.7 Å². The number of hydrogen-bond acceptors (Lipinski definition) is 6. The van der Waals surface area contributed by atoms with Crippen LogP contribution in [0.1, 0.15) is 31.0 Å². The molecule has 1 heterocycles. The van der Waals surface area contributed by atoms with E-state index in [2.05, 4.69) is 10.2 Å². The van der Waals surface area contributed by atoms with E-state index in [4.69, 9.17) is 0 Å². The average Bonchev–Trinajstić information content (AvgIpc) is 3.07. The first-order valence-electron chi connectivity index (χ1n) is 10.8. The molecule has 3 rings (SSSR count). The van der Waals surface area contributed by atoms with Gasteiger partial charge in [0.15, 0.2) is 19.7 Å². The predicted octanol–water partition coefficient (Wildman–Crippen LogP) is 2.75. The van der Waals surface area contributed by atoms with E-state index >= 15 is 0 Å². The van der Waals surface area contributed by atoms with Crippen molar-refractivity contribution in [3.8, 4) is 0 Å². The molecular formula is C23H31FN2O4S2. The van der Waals surface area contributed by atoms with E-state index in [1.165, 1.54) is 24.3 Å². The molecule has 0 aliphatic carbocycles. The Hall–Kier alpha value is -1.81. The van der Waals surface area contributed by atoms with Gasteiger partial charge < -0.3 is 5.32 Å². The lowest BCUT2D eigenvalue weighted by Gasteiger charge is -2.32. The summed E-state index contributed by atoms with van der Waals surface area (Å²) in [4.78, 5) is 2.31. The Morgan fingerprint density at radius 2 is 1.62 bits per heavy atom. The van der Waals surface area contributed by atoms with Gasteiger partial charge in [0, 0.05) is 18.6 Å². The van der Waals surface area contributed by atoms with Gasteiger partial charge in [-0.1, -0.05) is 43.7 Å². The third-order valence-electron chi connectivity index (χ3n) is 6.13. The summed E-state index contributed by atoms with van der Waals surface area (Å²) in [6, 6.07) is 11.9. The molecule has 1 saturated heterocycles. The van der Waals surface area contributed by atoms with Crippen LogP contribution in [0.4, 0.5) is 4.39 Å². The Labute approximate surface area is 190 Å². The fraction of sp³-hybridized carbons (Fsp3) is 0.478. The lowest BCUT2D eigenvalue weighted by molar-refractivity contribution is 0.209. The van der Waals surface area contributed by atoms with Crippen LogP contribution in [0.2, 0.25) is 0 Å². The van der Waals surface area contributed by atoms with Gasteiger partial charge in [-0.05, 0) is 49.8 Å². The second kappa shape index (κ2) is 9.99. The first-order chi connectivity index (χ1) is 15.1. The average molecular weight is 483 g/mol. The van der Waals surface area contributed by atoms with Gasteiger partial charge in [-0.25, -0.2) is 21.2 Å². The molecule has 2 aromatic rings. The van der Waals surface area contributed by atoms with E-state index in [0.29, 0.717) is 6.54 Å². The lowest BCUT2D eigenvalue weighted by Crippen LogP contribution is -2.47. The van der Waals surface area contributed by atoms with E-state index in [-0.39, 0.29) is 22.5 Å². The van der Waals surface area contributed by atoms with Crippen molar-refractivity contribution in [3.05, 3.63) is 65.5 Å². The molecule has 176 valence electrons. The molecule has 0 spiro atoms. The number of likely N-dealkylation sites (N-methyl/N-ethyl adjacent to an activating group) is 1. The van der Waals surface area contributed by atoms with Crippen molar-refractivity contribution in [2.75, 3.05) is 31.1 Å². The van der Waals surface area contributed by atoms with Crippen LogP contribution in [0.15, 0.2) is 53.4 Å². The summed E-state index contributed by atoms with van der Waals surface area (Å²) in [5, 5.41) is 2.19. The zero-order chi connectivity index (χ0) is 23.5. The van der Waals surface area contributed by atoms with Crippen LogP contribution >= 0.6 is 0 Å². The smallest absolute Gasteiger partial charge is 0.183 e. The molecule has 0 aromatic heterocycles. The minimum Gasteiger partial charge on any atom is -0.310 e. The van der Waals surface area contributed by atoms with Gasteiger partial charge in [0.1, 0.15) is 5.82 Å². The van der Waals surface area contributed by atoms with Gasteiger partial charge in [-0.15, -0.1) is 0 Å². The highest BCUT2D eigenvalue weighted by molar-refractivity contribution is 7.96. The number of nitrogens with one attached hydrogen (secondary N) is 1. The third kappa shape index (κ3) is 5.57. The third-order valence-corrected chi connectivity index (χ3v) is 10.3. The summed E-state index contributed by atoms with van der Waals surface area (Å²) in [5.41, 5.74) is 1.82. The highest BCUT2D eigenvalue weighted by atomic mass is 32.2. The SMILES string of the molecule is CCN(CC)C(CN[C@H]1CS(=O)(=O)C[C@@H]1S(=O)(=O)c1ccc(C)cc1)c1ccc(F)cc1. The van der Waals surface area contributed by atoms with E-state index in [9.17, 15) is 21.2 Å². The fourth-order valence-electron chi connectivity index (χ4n) is 4.28. The normalized spacial score (nSPS) is 21.7. The molecular weight excluding hydrogens is 451 g/mol. The van der Waals surface area contributed by atoms with Crippen LogP contribution < -0.4 is 5.32 Å². The summed E-state index contributed by atoms with van der Waals surface area (Å²) in [6.07, 6.45) is 0. The Morgan fingerprint density at radius 3 is 2.19 bits per heavy atom. The number of benzene rings is 2. The van der Waals surface area contributed by atoms with E-state index < -0.39 is 36.7 Å². The standard InChI is InChI=1S/C23H31FN2O4S2/c1-4-26(5-2)22(18-8-10-19(24)11-9-18)14-25-21-15-31(27,28)16-23(21)32(29,30)20-12-6-17(3)7-13-20/h6-13,21-23,25H,4-5,14-16H2,1-3H3/t21-,22?,23-/m0/s1. The van der Waals surface area contributed by atoms with Gasteiger partial charge in [-0.3, -0.25) is 4.90 Å². The van der Waals surface area contributed by atoms with Crippen LogP contribution in [0.25, 0.3) is 0 Å². The topological polar surface area (TPSA) is 83.6 Å². The van der Waals surface area contributed by atoms with Crippen LogP contribution in [-0.2, 0) is 19.7 Å². The first kappa shape index (κ1) is 24.8. The van der Waals surface area contributed by atoms with E-state index in [1.54, 1.807) is 24.3 Å². The molecule has 6 nitrogen and oxygen atoms in total. The highest BCUT2D eigenvalue weighted by Gasteiger charge is 2.45. The molecule has 1 fully saturated rings. The summed E-state index contributed by atoms with van der Waals surface area (Å²) >= 11 is 0. The molecule has 1 aliphatic rings. The van der Waals surface area contributed by atoms with Gasteiger partial charge in [0.25, 0.3) is 0 Å². The molecule has 32 heavy (non-hydrogen) atoms. The minimum absolute atomic E-state index is 0.135. The van der Waals surface area contributed by atoms with Crippen molar-refractivity contribution < 1.29 is 21.2 Å². The monoisotopic (exact) mass is 482 g/mol. The summed E-state index contributed by atoms with van der Waals surface area (Å²) in [6.45, 7) is 7.75. The van der Waals surface area contributed by atoms with Crippen molar-refractivity contribution in [1.82, 2.24) is 10.2 Å². The first-order valence-corrected chi connectivity index (χ1v) is 14.2. The second-order valence-electron chi connectivity index (χ2n) is 8.28. The number of halogens is 1. The number of hydrogen-bond donors (Lipinski definition) is 1. The fourth-order valence-corrected chi connectivity index (χ4v) is 9.00. The van der Waals surface area contributed by atoms with Crippen LogP contribution in [0.3, 0.4) is 0 Å². The van der Waals surface area contributed by atoms with Crippen molar-refractivity contribution >= 4 is 19.7 Å². The molecule has 1 N–H and O–H groups in total. The highest BCUT2D eigenvalue weighted by Crippen LogP contribution is 2.27. The lowest BCUT2D eigenvalue weighted by atomic mass is 10.0. The summed E-state index contributed by atoms with van der Waals surface area (Å²) in [7, 11) is -7.33.